The van der Waals surface area contributed by atoms with Crippen LogP contribution in [-0.2, 0) is 18.3 Å². The average molecular weight is 241 g/mol. The number of nitrogens with one attached hydrogen (secondary N) is 1. The van der Waals surface area contributed by atoms with Gasteiger partial charge in [0.25, 0.3) is 0 Å². The number of carbonyl (C=O) groups is 1. The predicted octanol–water partition coefficient (Wildman–Crippen LogP) is 1.88. The van der Waals surface area contributed by atoms with Crippen molar-refractivity contribution in [2.75, 3.05) is 5.32 Å². The zero-order valence-corrected chi connectivity index (χ0v) is 11.1. The van der Waals surface area contributed by atoms with Crippen LogP contribution in [0.1, 0.15) is 26.5 Å². The van der Waals surface area contributed by atoms with E-state index in [9.17, 15) is 4.79 Å². The van der Waals surface area contributed by atoms with Crippen LogP contribution in [0, 0.1) is 5.92 Å². The lowest BCUT2D eigenvalue weighted by Gasteiger charge is -2.14. The fraction of sp³-hybridized carbons (Fsp3) is 0.636. The Bertz CT molecular complexity index is 373. The molecule has 0 aliphatic rings. The molecule has 5 heteroatoms. The van der Waals surface area contributed by atoms with Gasteiger partial charge in [-0.3, -0.25) is 9.48 Å². The minimum atomic E-state index is -0.287. The number of aryl methyl sites for hydroxylation is 2. The third kappa shape index (κ3) is 3.01. The van der Waals surface area contributed by atoms with Gasteiger partial charge in [-0.2, -0.15) is 17.7 Å². The highest BCUT2D eigenvalue weighted by molar-refractivity contribution is 7.81. The molecule has 1 atom stereocenters. The van der Waals surface area contributed by atoms with Crippen molar-refractivity contribution in [3.63, 3.8) is 0 Å². The van der Waals surface area contributed by atoms with Gasteiger partial charge in [-0.05, 0) is 12.3 Å². The SMILES string of the molecule is CCc1nn(C)cc1NC(=O)C(S)C(C)C. The third-order valence-electron chi connectivity index (χ3n) is 2.40. The van der Waals surface area contributed by atoms with Crippen molar-refractivity contribution in [1.82, 2.24) is 9.78 Å². The summed E-state index contributed by atoms with van der Waals surface area (Å²) in [6.45, 7) is 5.96. The Morgan fingerprint density at radius 3 is 2.75 bits per heavy atom. The number of rotatable bonds is 4. The molecule has 0 aliphatic carbocycles. The fourth-order valence-corrected chi connectivity index (χ4v) is 1.47. The van der Waals surface area contributed by atoms with E-state index in [4.69, 9.17) is 0 Å². The van der Waals surface area contributed by atoms with Crippen molar-refractivity contribution in [2.45, 2.75) is 32.4 Å². The molecule has 0 saturated heterocycles. The number of nitrogens with zero attached hydrogens (tertiary/aromatic N) is 2. The first-order valence-corrected chi connectivity index (χ1v) is 5.98. The van der Waals surface area contributed by atoms with Gasteiger partial charge in [0.1, 0.15) is 0 Å². The molecule has 16 heavy (non-hydrogen) atoms. The summed E-state index contributed by atoms with van der Waals surface area (Å²) in [6, 6.07) is 0. The van der Waals surface area contributed by atoms with Gasteiger partial charge in [-0.1, -0.05) is 20.8 Å². The van der Waals surface area contributed by atoms with E-state index in [1.165, 1.54) is 0 Å². The number of carbonyl (C=O) groups excluding carboxylic acids is 1. The molecule has 0 bridgehead atoms. The summed E-state index contributed by atoms with van der Waals surface area (Å²) in [5, 5.41) is 6.84. The topological polar surface area (TPSA) is 46.9 Å². The molecular formula is C11H19N3OS. The molecule has 0 saturated carbocycles. The van der Waals surface area contributed by atoms with Crippen LogP contribution >= 0.6 is 12.6 Å². The first-order valence-electron chi connectivity index (χ1n) is 5.47. The van der Waals surface area contributed by atoms with Gasteiger partial charge in [0, 0.05) is 13.2 Å². The van der Waals surface area contributed by atoms with Gasteiger partial charge >= 0.3 is 0 Å². The van der Waals surface area contributed by atoms with Crippen molar-refractivity contribution in [3.05, 3.63) is 11.9 Å². The second-order valence-corrected chi connectivity index (χ2v) is 4.75. The highest BCUT2D eigenvalue weighted by Gasteiger charge is 2.19. The lowest BCUT2D eigenvalue weighted by atomic mass is 10.1. The fourth-order valence-electron chi connectivity index (χ4n) is 1.41. The van der Waals surface area contributed by atoms with E-state index in [1.807, 2.05) is 34.0 Å². The van der Waals surface area contributed by atoms with E-state index >= 15 is 0 Å². The highest BCUT2D eigenvalue weighted by Crippen LogP contribution is 2.17. The smallest absolute Gasteiger partial charge is 0.237 e. The zero-order chi connectivity index (χ0) is 12.3. The Labute approximate surface area is 102 Å². The lowest BCUT2D eigenvalue weighted by molar-refractivity contribution is -0.116. The Kier molecular flexibility index (Phi) is 4.41. The third-order valence-corrected chi connectivity index (χ3v) is 3.23. The maximum Gasteiger partial charge on any atom is 0.237 e. The van der Waals surface area contributed by atoms with Crippen LogP contribution in [0.25, 0.3) is 0 Å². The zero-order valence-electron chi connectivity index (χ0n) is 10.2. The number of anilines is 1. The summed E-state index contributed by atoms with van der Waals surface area (Å²) in [6.07, 6.45) is 2.62. The summed E-state index contributed by atoms with van der Waals surface area (Å²) in [7, 11) is 1.84. The minimum Gasteiger partial charge on any atom is -0.322 e. The van der Waals surface area contributed by atoms with E-state index in [1.54, 1.807) is 4.68 Å². The van der Waals surface area contributed by atoms with Crippen LogP contribution in [0.4, 0.5) is 5.69 Å². The molecule has 1 aromatic rings. The van der Waals surface area contributed by atoms with Crippen LogP contribution < -0.4 is 5.32 Å². The standard InChI is InChI=1S/C11H19N3OS/c1-5-8-9(6-14(4)13-8)12-11(15)10(16)7(2)3/h6-7,10,16H,5H2,1-4H3,(H,12,15). The molecule has 1 unspecified atom stereocenters. The number of hydrogen-bond acceptors (Lipinski definition) is 3. The normalized spacial score (nSPS) is 12.9. The quantitative estimate of drug-likeness (QED) is 0.791. The Morgan fingerprint density at radius 1 is 1.62 bits per heavy atom. The first-order chi connectivity index (χ1) is 7.45. The van der Waals surface area contributed by atoms with Crippen molar-refractivity contribution in [1.29, 1.82) is 0 Å². The molecule has 0 aromatic carbocycles. The number of thiol groups is 1. The maximum atomic E-state index is 11.8. The van der Waals surface area contributed by atoms with Gasteiger partial charge in [0.05, 0.1) is 16.6 Å². The number of amides is 1. The highest BCUT2D eigenvalue weighted by atomic mass is 32.1. The number of hydrogen-bond donors (Lipinski definition) is 2. The lowest BCUT2D eigenvalue weighted by Crippen LogP contribution is -2.27. The van der Waals surface area contributed by atoms with E-state index < -0.39 is 0 Å². The molecule has 0 fully saturated rings. The van der Waals surface area contributed by atoms with Gasteiger partial charge in [-0.15, -0.1) is 0 Å². The second-order valence-electron chi connectivity index (χ2n) is 4.19. The second kappa shape index (κ2) is 5.39. The average Bonchev–Trinajstić information content (AvgIpc) is 2.57. The summed E-state index contributed by atoms with van der Waals surface area (Å²) in [5.74, 6) is 0.145. The van der Waals surface area contributed by atoms with E-state index in [0.29, 0.717) is 0 Å². The molecule has 1 rings (SSSR count). The minimum absolute atomic E-state index is 0.0685. The molecule has 1 N–H and O–H groups in total. The van der Waals surface area contributed by atoms with Crippen molar-refractivity contribution in [3.8, 4) is 0 Å². The molecule has 1 amide bonds. The Morgan fingerprint density at radius 2 is 2.25 bits per heavy atom. The van der Waals surface area contributed by atoms with Gasteiger partial charge in [0.2, 0.25) is 5.91 Å². The molecular weight excluding hydrogens is 222 g/mol. The summed E-state index contributed by atoms with van der Waals surface area (Å²) >= 11 is 4.28. The molecule has 1 aromatic heterocycles. The molecule has 1 heterocycles. The Hall–Kier alpha value is -0.970. The van der Waals surface area contributed by atoms with Gasteiger partial charge in [0.15, 0.2) is 0 Å². The monoisotopic (exact) mass is 241 g/mol. The van der Waals surface area contributed by atoms with Crippen molar-refractivity contribution >= 4 is 24.2 Å². The molecule has 0 aliphatic heterocycles. The van der Waals surface area contributed by atoms with E-state index in [-0.39, 0.29) is 17.1 Å². The van der Waals surface area contributed by atoms with E-state index in [0.717, 1.165) is 17.8 Å². The largest absolute Gasteiger partial charge is 0.322 e. The van der Waals surface area contributed by atoms with E-state index in [2.05, 4.69) is 23.0 Å². The first kappa shape index (κ1) is 13.1. The predicted molar refractivity (Wildman–Crippen MR) is 68.8 cm³/mol. The van der Waals surface area contributed by atoms with Gasteiger partial charge < -0.3 is 5.32 Å². The van der Waals surface area contributed by atoms with Crippen LogP contribution in [0.3, 0.4) is 0 Å². The van der Waals surface area contributed by atoms with Crippen LogP contribution in [0.15, 0.2) is 6.20 Å². The number of aromatic nitrogens is 2. The summed E-state index contributed by atoms with van der Waals surface area (Å²) < 4.78 is 1.71. The van der Waals surface area contributed by atoms with Crippen molar-refractivity contribution < 1.29 is 4.79 Å². The van der Waals surface area contributed by atoms with Crippen molar-refractivity contribution in [2.24, 2.45) is 13.0 Å². The molecule has 4 nitrogen and oxygen atoms in total. The molecule has 0 spiro atoms. The van der Waals surface area contributed by atoms with Gasteiger partial charge in [-0.25, -0.2) is 0 Å². The van der Waals surface area contributed by atoms with Crippen LogP contribution in [-0.4, -0.2) is 20.9 Å². The molecule has 90 valence electrons. The maximum absolute atomic E-state index is 11.8. The van der Waals surface area contributed by atoms with Crippen LogP contribution in [0.2, 0.25) is 0 Å². The summed E-state index contributed by atoms with van der Waals surface area (Å²) in [4.78, 5) is 11.8. The summed E-state index contributed by atoms with van der Waals surface area (Å²) in [5.41, 5.74) is 1.69. The van der Waals surface area contributed by atoms with Crippen LogP contribution in [0.5, 0.6) is 0 Å². The molecule has 0 radical (unpaired) electrons. The Balaban J connectivity index is 2.76.